The third-order valence-corrected chi connectivity index (χ3v) is 5.91. The topological polar surface area (TPSA) is 105 Å². The van der Waals surface area contributed by atoms with Gasteiger partial charge in [0.2, 0.25) is 10.0 Å². The maximum atomic E-state index is 12.4. The third-order valence-electron chi connectivity index (χ3n) is 4.49. The summed E-state index contributed by atoms with van der Waals surface area (Å²) in [4.78, 5) is 16.6. The van der Waals surface area contributed by atoms with Crippen LogP contribution in [0, 0.1) is 16.0 Å². The molecule has 0 unspecified atom stereocenters. The van der Waals surface area contributed by atoms with Gasteiger partial charge in [0.1, 0.15) is 5.82 Å². The molecule has 2 heterocycles. The van der Waals surface area contributed by atoms with Crippen LogP contribution < -0.4 is 9.62 Å². The molecule has 0 aliphatic carbocycles. The van der Waals surface area contributed by atoms with E-state index in [0.29, 0.717) is 6.54 Å². The first kappa shape index (κ1) is 18.3. The predicted molar refractivity (Wildman–Crippen MR) is 97.5 cm³/mol. The molecule has 1 saturated heterocycles. The number of hydrogen-bond acceptors (Lipinski definition) is 6. The Labute approximate surface area is 152 Å². The van der Waals surface area contributed by atoms with E-state index in [-0.39, 0.29) is 16.5 Å². The average molecular weight is 376 g/mol. The number of piperidine rings is 1. The summed E-state index contributed by atoms with van der Waals surface area (Å²) in [6.07, 6.45) is 3.47. The van der Waals surface area contributed by atoms with Crippen LogP contribution in [-0.2, 0) is 10.0 Å². The van der Waals surface area contributed by atoms with Crippen molar-refractivity contribution in [1.29, 1.82) is 0 Å². The summed E-state index contributed by atoms with van der Waals surface area (Å²) in [5, 5.41) is 10.8. The lowest BCUT2D eigenvalue weighted by atomic mass is 9.97. The fourth-order valence-corrected chi connectivity index (χ4v) is 4.14. The highest BCUT2D eigenvalue weighted by Gasteiger charge is 2.23. The van der Waals surface area contributed by atoms with Crippen LogP contribution in [0.4, 0.5) is 11.5 Å². The van der Waals surface area contributed by atoms with Crippen LogP contribution in [0.25, 0.3) is 0 Å². The number of sulfonamides is 1. The maximum absolute atomic E-state index is 12.4. The van der Waals surface area contributed by atoms with Crippen molar-refractivity contribution in [2.45, 2.75) is 17.7 Å². The van der Waals surface area contributed by atoms with Gasteiger partial charge in [-0.3, -0.25) is 10.1 Å². The fraction of sp³-hybridized carbons (Fsp3) is 0.353. The van der Waals surface area contributed by atoms with E-state index in [1.165, 1.54) is 18.2 Å². The Balaban J connectivity index is 1.56. The summed E-state index contributed by atoms with van der Waals surface area (Å²) in [5.41, 5.74) is -0.239. The smallest absolute Gasteiger partial charge is 0.270 e. The Kier molecular flexibility index (Phi) is 5.48. The van der Waals surface area contributed by atoms with Gasteiger partial charge in [-0.25, -0.2) is 18.1 Å². The Morgan fingerprint density at radius 1 is 1.19 bits per heavy atom. The molecule has 1 fully saturated rings. The second kappa shape index (κ2) is 7.79. The van der Waals surface area contributed by atoms with E-state index >= 15 is 0 Å². The van der Waals surface area contributed by atoms with E-state index in [2.05, 4.69) is 14.6 Å². The monoisotopic (exact) mass is 376 g/mol. The van der Waals surface area contributed by atoms with Gasteiger partial charge in [-0.15, -0.1) is 0 Å². The van der Waals surface area contributed by atoms with Crippen molar-refractivity contribution in [3.8, 4) is 0 Å². The molecule has 2 aromatic rings. The first-order chi connectivity index (χ1) is 12.5. The normalized spacial score (nSPS) is 15.8. The Bertz CT molecular complexity index is 865. The van der Waals surface area contributed by atoms with Gasteiger partial charge < -0.3 is 4.90 Å². The first-order valence-electron chi connectivity index (χ1n) is 8.36. The molecule has 0 saturated carbocycles. The first-order valence-corrected chi connectivity index (χ1v) is 9.84. The molecule has 0 bridgehead atoms. The summed E-state index contributed by atoms with van der Waals surface area (Å²) < 4.78 is 27.3. The minimum absolute atomic E-state index is 0.0855. The number of nitro groups is 1. The zero-order valence-electron chi connectivity index (χ0n) is 14.1. The SMILES string of the molecule is O=[N+]([O-])c1cccc(S(=O)(=O)NCC2CCN(c3ccccn3)CC2)c1. The largest absolute Gasteiger partial charge is 0.357 e. The summed E-state index contributed by atoms with van der Waals surface area (Å²) >= 11 is 0. The van der Waals surface area contributed by atoms with Gasteiger partial charge in [-0.1, -0.05) is 12.1 Å². The molecule has 0 atom stereocenters. The van der Waals surface area contributed by atoms with Crippen molar-refractivity contribution in [1.82, 2.24) is 9.71 Å². The fourth-order valence-electron chi connectivity index (χ4n) is 2.98. The number of nitro benzene ring substituents is 1. The van der Waals surface area contributed by atoms with Crippen molar-refractivity contribution in [2.24, 2.45) is 5.92 Å². The Morgan fingerprint density at radius 3 is 2.62 bits per heavy atom. The minimum atomic E-state index is -3.76. The molecule has 1 aromatic carbocycles. The summed E-state index contributed by atoms with van der Waals surface area (Å²) in [6.45, 7) is 1.96. The van der Waals surface area contributed by atoms with Gasteiger partial charge in [-0.05, 0) is 37.0 Å². The van der Waals surface area contributed by atoms with Crippen LogP contribution in [0.15, 0.2) is 53.6 Å². The van der Waals surface area contributed by atoms with Crippen LogP contribution in [0.1, 0.15) is 12.8 Å². The van der Waals surface area contributed by atoms with Gasteiger partial charge in [0, 0.05) is 38.0 Å². The zero-order valence-corrected chi connectivity index (χ0v) is 14.9. The lowest BCUT2D eigenvalue weighted by Crippen LogP contribution is -2.39. The number of non-ortho nitro benzene ring substituents is 1. The van der Waals surface area contributed by atoms with Crippen LogP contribution >= 0.6 is 0 Å². The molecular formula is C17H20N4O4S. The number of hydrogen-bond donors (Lipinski definition) is 1. The summed E-state index contributed by atoms with van der Waals surface area (Å²) in [6, 6.07) is 10.9. The molecule has 1 aromatic heterocycles. The molecular weight excluding hydrogens is 356 g/mol. The van der Waals surface area contributed by atoms with Crippen LogP contribution in [-0.4, -0.2) is 38.0 Å². The maximum Gasteiger partial charge on any atom is 0.270 e. The highest BCUT2D eigenvalue weighted by molar-refractivity contribution is 7.89. The standard InChI is InChI=1S/C17H20N4O4S/c22-21(23)15-4-3-5-16(12-15)26(24,25)19-13-14-7-10-20(11-8-14)17-6-1-2-9-18-17/h1-6,9,12,14,19H,7-8,10-11,13H2. The zero-order chi connectivity index (χ0) is 18.6. The van der Waals surface area contributed by atoms with E-state index in [4.69, 9.17) is 0 Å². The molecule has 0 radical (unpaired) electrons. The van der Waals surface area contributed by atoms with Crippen molar-refractivity contribution < 1.29 is 13.3 Å². The third kappa shape index (κ3) is 4.36. The van der Waals surface area contributed by atoms with Gasteiger partial charge >= 0.3 is 0 Å². The molecule has 1 aliphatic heterocycles. The van der Waals surface area contributed by atoms with E-state index < -0.39 is 14.9 Å². The molecule has 0 amide bonds. The second-order valence-electron chi connectivity index (χ2n) is 6.22. The number of aromatic nitrogens is 1. The van der Waals surface area contributed by atoms with Gasteiger partial charge in [0.15, 0.2) is 0 Å². The van der Waals surface area contributed by atoms with E-state index in [9.17, 15) is 18.5 Å². The highest BCUT2D eigenvalue weighted by Crippen LogP contribution is 2.22. The summed E-state index contributed by atoms with van der Waals surface area (Å²) in [5.74, 6) is 1.16. The molecule has 8 nitrogen and oxygen atoms in total. The van der Waals surface area contributed by atoms with E-state index in [1.54, 1.807) is 6.20 Å². The van der Waals surface area contributed by atoms with Gasteiger partial charge in [0.05, 0.1) is 9.82 Å². The summed E-state index contributed by atoms with van der Waals surface area (Å²) in [7, 11) is -3.76. The number of pyridine rings is 1. The predicted octanol–water partition coefficient (Wildman–Crippen LogP) is 2.18. The van der Waals surface area contributed by atoms with Crippen molar-refractivity contribution in [3.05, 3.63) is 58.8 Å². The van der Waals surface area contributed by atoms with Crippen LogP contribution in [0.5, 0.6) is 0 Å². The number of rotatable bonds is 6. The van der Waals surface area contributed by atoms with E-state index in [1.807, 2.05) is 18.2 Å². The lowest BCUT2D eigenvalue weighted by molar-refractivity contribution is -0.385. The number of nitrogens with zero attached hydrogens (tertiary/aromatic N) is 3. The molecule has 0 spiro atoms. The second-order valence-corrected chi connectivity index (χ2v) is 7.99. The number of benzene rings is 1. The van der Waals surface area contributed by atoms with Crippen LogP contribution in [0.2, 0.25) is 0 Å². The highest BCUT2D eigenvalue weighted by atomic mass is 32.2. The van der Waals surface area contributed by atoms with Crippen molar-refractivity contribution in [3.63, 3.8) is 0 Å². The quantitative estimate of drug-likeness (QED) is 0.612. The van der Waals surface area contributed by atoms with E-state index in [0.717, 1.165) is 37.8 Å². The van der Waals surface area contributed by atoms with Crippen molar-refractivity contribution in [2.75, 3.05) is 24.5 Å². The van der Waals surface area contributed by atoms with Crippen molar-refractivity contribution >= 4 is 21.5 Å². The number of nitrogens with one attached hydrogen (secondary N) is 1. The molecule has 9 heteroatoms. The Hall–Kier alpha value is -2.52. The molecule has 1 N–H and O–H groups in total. The van der Waals surface area contributed by atoms with Crippen LogP contribution in [0.3, 0.4) is 0 Å². The molecule has 3 rings (SSSR count). The van der Waals surface area contributed by atoms with Gasteiger partial charge in [-0.2, -0.15) is 0 Å². The Morgan fingerprint density at radius 2 is 1.96 bits per heavy atom. The molecule has 26 heavy (non-hydrogen) atoms. The van der Waals surface area contributed by atoms with Gasteiger partial charge in [0.25, 0.3) is 5.69 Å². The average Bonchev–Trinajstić information content (AvgIpc) is 2.68. The molecule has 138 valence electrons. The lowest BCUT2D eigenvalue weighted by Gasteiger charge is -2.32. The molecule has 1 aliphatic rings. The number of anilines is 1. The minimum Gasteiger partial charge on any atom is -0.357 e.